The topological polar surface area (TPSA) is 50.7 Å². The molecule has 0 aliphatic rings. The lowest BCUT2D eigenvalue weighted by molar-refractivity contribution is 0.715. The summed E-state index contributed by atoms with van der Waals surface area (Å²) in [6, 6.07) is 3.84. The second-order valence-corrected chi connectivity index (χ2v) is 5.03. The summed E-state index contributed by atoms with van der Waals surface area (Å²) in [4.78, 5) is 4.28. The van der Waals surface area contributed by atoms with Gasteiger partial charge in [-0.05, 0) is 34.6 Å². The van der Waals surface area contributed by atoms with E-state index in [1.54, 1.807) is 17.5 Å². The highest BCUT2D eigenvalue weighted by Gasteiger charge is 2.10. The smallest absolute Gasteiger partial charge is 0.167 e. The molecule has 1 N–H and O–H groups in total. The highest BCUT2D eigenvalue weighted by molar-refractivity contribution is 9.10. The summed E-state index contributed by atoms with van der Waals surface area (Å²) in [5.74, 6) is 0. The fraction of sp³-hybridized carbons (Fsp3) is 0.300. The average Bonchev–Trinajstić information content (AvgIpc) is 2.75. The van der Waals surface area contributed by atoms with Gasteiger partial charge in [-0.25, -0.2) is 0 Å². The minimum Gasteiger partial charge on any atom is -0.311 e. The van der Waals surface area contributed by atoms with E-state index in [4.69, 9.17) is 0 Å². The van der Waals surface area contributed by atoms with Crippen molar-refractivity contribution in [3.63, 3.8) is 0 Å². The Labute approximate surface area is 106 Å². The highest BCUT2D eigenvalue weighted by atomic mass is 79.9. The van der Waals surface area contributed by atoms with Gasteiger partial charge in [0.2, 0.25) is 0 Å². The summed E-state index contributed by atoms with van der Waals surface area (Å²) in [5.41, 5.74) is 0.850. The first kappa shape index (κ1) is 11.6. The fourth-order valence-electron chi connectivity index (χ4n) is 1.20. The summed E-state index contributed by atoms with van der Waals surface area (Å²) in [6.45, 7) is 3.76. The van der Waals surface area contributed by atoms with Crippen molar-refractivity contribution in [3.05, 3.63) is 27.8 Å². The monoisotopic (exact) mass is 298 g/mol. The first-order chi connectivity index (χ1) is 7.81. The van der Waals surface area contributed by atoms with Crippen molar-refractivity contribution < 1.29 is 0 Å². The van der Waals surface area contributed by atoms with Crippen LogP contribution >= 0.6 is 27.3 Å². The number of aromatic nitrogens is 3. The summed E-state index contributed by atoms with van der Waals surface area (Å²) in [5, 5.41) is 13.3. The van der Waals surface area contributed by atoms with Crippen molar-refractivity contribution >= 4 is 27.3 Å². The molecule has 4 nitrogen and oxygen atoms in total. The SMILES string of the molecule is CCNCc1nnc(-c2ncccc2Br)s1. The molecule has 0 saturated carbocycles. The Bertz CT molecular complexity index is 471. The van der Waals surface area contributed by atoms with Crippen molar-refractivity contribution in [2.24, 2.45) is 0 Å². The molecule has 0 aliphatic heterocycles. The van der Waals surface area contributed by atoms with Crippen LogP contribution in [0.5, 0.6) is 0 Å². The molecule has 2 rings (SSSR count). The maximum atomic E-state index is 4.28. The zero-order valence-electron chi connectivity index (χ0n) is 8.77. The first-order valence-corrected chi connectivity index (χ1v) is 6.56. The third-order valence-electron chi connectivity index (χ3n) is 1.95. The zero-order valence-corrected chi connectivity index (χ0v) is 11.2. The Morgan fingerprint density at radius 3 is 3.06 bits per heavy atom. The zero-order chi connectivity index (χ0) is 11.4. The summed E-state index contributed by atoms with van der Waals surface area (Å²) < 4.78 is 0.946. The van der Waals surface area contributed by atoms with E-state index >= 15 is 0 Å². The Kier molecular flexibility index (Phi) is 3.98. The van der Waals surface area contributed by atoms with Crippen molar-refractivity contribution in [2.75, 3.05) is 6.54 Å². The van der Waals surface area contributed by atoms with E-state index < -0.39 is 0 Å². The Hall–Kier alpha value is -0.850. The minimum atomic E-state index is 0.763. The number of hydrogen-bond donors (Lipinski definition) is 1. The minimum absolute atomic E-state index is 0.763. The normalized spacial score (nSPS) is 10.6. The van der Waals surface area contributed by atoms with Crippen LogP contribution < -0.4 is 5.32 Å². The predicted octanol–water partition coefficient (Wildman–Crippen LogP) is 2.47. The third kappa shape index (κ3) is 2.63. The van der Waals surface area contributed by atoms with Gasteiger partial charge in [0, 0.05) is 17.2 Å². The number of nitrogens with one attached hydrogen (secondary N) is 1. The molecule has 0 bridgehead atoms. The summed E-state index contributed by atoms with van der Waals surface area (Å²) >= 11 is 5.02. The molecule has 0 spiro atoms. The molecule has 0 fully saturated rings. The van der Waals surface area contributed by atoms with Gasteiger partial charge in [0.25, 0.3) is 0 Å². The van der Waals surface area contributed by atoms with E-state index in [2.05, 4.69) is 43.4 Å². The number of hydrogen-bond acceptors (Lipinski definition) is 5. The molecule has 84 valence electrons. The van der Waals surface area contributed by atoms with Gasteiger partial charge in [0.15, 0.2) is 5.01 Å². The van der Waals surface area contributed by atoms with E-state index in [1.165, 1.54) is 0 Å². The number of pyridine rings is 1. The second kappa shape index (κ2) is 5.47. The lowest BCUT2D eigenvalue weighted by atomic mass is 10.4. The average molecular weight is 299 g/mol. The Morgan fingerprint density at radius 1 is 1.44 bits per heavy atom. The molecule has 2 aromatic rings. The molecule has 0 unspecified atom stereocenters. The Morgan fingerprint density at radius 2 is 2.31 bits per heavy atom. The van der Waals surface area contributed by atoms with E-state index in [9.17, 15) is 0 Å². The van der Waals surface area contributed by atoms with Gasteiger partial charge in [0.1, 0.15) is 10.7 Å². The number of nitrogens with zero attached hydrogens (tertiary/aromatic N) is 3. The molecule has 0 aliphatic carbocycles. The molecular weight excluding hydrogens is 288 g/mol. The largest absolute Gasteiger partial charge is 0.311 e. The van der Waals surface area contributed by atoms with Gasteiger partial charge in [0.05, 0.1) is 0 Å². The quantitative estimate of drug-likeness (QED) is 0.942. The molecule has 0 atom stereocenters. The molecule has 16 heavy (non-hydrogen) atoms. The fourth-order valence-corrected chi connectivity index (χ4v) is 2.59. The molecule has 2 heterocycles. The van der Waals surface area contributed by atoms with Gasteiger partial charge in [-0.1, -0.05) is 18.3 Å². The highest BCUT2D eigenvalue weighted by Crippen LogP contribution is 2.27. The van der Waals surface area contributed by atoms with Gasteiger partial charge in [-0.2, -0.15) is 0 Å². The number of rotatable bonds is 4. The summed E-state index contributed by atoms with van der Waals surface area (Å²) in [7, 11) is 0. The van der Waals surface area contributed by atoms with Crippen molar-refractivity contribution in [1.82, 2.24) is 20.5 Å². The van der Waals surface area contributed by atoms with Crippen LogP contribution in [0.3, 0.4) is 0 Å². The van der Waals surface area contributed by atoms with Crippen LogP contribution in [0.1, 0.15) is 11.9 Å². The molecule has 6 heteroatoms. The molecule has 0 amide bonds. The third-order valence-corrected chi connectivity index (χ3v) is 3.52. The molecular formula is C10H11BrN4S. The second-order valence-electron chi connectivity index (χ2n) is 3.12. The van der Waals surface area contributed by atoms with Crippen LogP contribution in [0.2, 0.25) is 0 Å². The van der Waals surface area contributed by atoms with Crippen LogP contribution in [-0.4, -0.2) is 21.7 Å². The van der Waals surface area contributed by atoms with Gasteiger partial charge >= 0.3 is 0 Å². The molecule has 0 aromatic carbocycles. The van der Waals surface area contributed by atoms with Crippen LogP contribution in [0.4, 0.5) is 0 Å². The van der Waals surface area contributed by atoms with Gasteiger partial charge in [-0.3, -0.25) is 4.98 Å². The maximum absolute atomic E-state index is 4.28. The van der Waals surface area contributed by atoms with Crippen molar-refractivity contribution in [2.45, 2.75) is 13.5 Å². The van der Waals surface area contributed by atoms with Crippen LogP contribution in [-0.2, 0) is 6.54 Å². The van der Waals surface area contributed by atoms with Gasteiger partial charge < -0.3 is 5.32 Å². The van der Waals surface area contributed by atoms with E-state index in [0.717, 1.165) is 33.3 Å². The van der Waals surface area contributed by atoms with E-state index in [1.807, 2.05) is 12.1 Å². The van der Waals surface area contributed by atoms with Crippen molar-refractivity contribution in [3.8, 4) is 10.7 Å². The lowest BCUT2D eigenvalue weighted by Crippen LogP contribution is -2.11. The van der Waals surface area contributed by atoms with Crippen molar-refractivity contribution in [1.29, 1.82) is 0 Å². The van der Waals surface area contributed by atoms with Crippen LogP contribution in [0.15, 0.2) is 22.8 Å². The predicted molar refractivity (Wildman–Crippen MR) is 68.2 cm³/mol. The van der Waals surface area contributed by atoms with Gasteiger partial charge in [-0.15, -0.1) is 10.2 Å². The van der Waals surface area contributed by atoms with E-state index in [0.29, 0.717) is 0 Å². The maximum Gasteiger partial charge on any atom is 0.167 e. The molecule has 0 saturated heterocycles. The Balaban J connectivity index is 2.22. The molecule has 2 aromatic heterocycles. The standard InChI is InChI=1S/C10H11BrN4S/c1-2-12-6-8-14-15-10(16-8)9-7(11)4-3-5-13-9/h3-5,12H,2,6H2,1H3. The summed E-state index contributed by atoms with van der Waals surface area (Å²) in [6.07, 6.45) is 1.76. The lowest BCUT2D eigenvalue weighted by Gasteiger charge is -1.96. The molecule has 0 radical (unpaired) electrons. The van der Waals surface area contributed by atoms with Crippen LogP contribution in [0.25, 0.3) is 10.7 Å². The van der Waals surface area contributed by atoms with E-state index in [-0.39, 0.29) is 0 Å². The number of halogens is 1. The van der Waals surface area contributed by atoms with Crippen LogP contribution in [0, 0.1) is 0 Å². The first-order valence-electron chi connectivity index (χ1n) is 4.95.